The van der Waals surface area contributed by atoms with E-state index in [-0.39, 0.29) is 11.9 Å². The molecule has 1 unspecified atom stereocenters. The number of hydrogen-bond donors (Lipinski definition) is 1. The number of rotatable bonds is 4. The normalized spacial score (nSPS) is 12.9. The van der Waals surface area contributed by atoms with Gasteiger partial charge < -0.3 is 15.2 Å². The van der Waals surface area contributed by atoms with Gasteiger partial charge in [0.1, 0.15) is 0 Å². The zero-order valence-corrected chi connectivity index (χ0v) is 12.6. The number of carbonyl (C=O) groups is 1. The van der Waals surface area contributed by atoms with Crippen molar-refractivity contribution < 1.29 is 4.79 Å². The van der Waals surface area contributed by atoms with Gasteiger partial charge in [0, 0.05) is 43.8 Å². The van der Waals surface area contributed by atoms with Crippen LogP contribution in [0, 0.1) is 5.92 Å². The summed E-state index contributed by atoms with van der Waals surface area (Å²) < 4.78 is 1.99. The number of likely N-dealkylation sites (N-methyl/N-ethyl adjacent to an activating group) is 1. The summed E-state index contributed by atoms with van der Waals surface area (Å²) in [5.74, 6) is 0.370. The number of hydrogen-bond acceptors (Lipinski definition) is 2. The van der Waals surface area contributed by atoms with Crippen molar-refractivity contribution in [1.82, 2.24) is 9.47 Å². The first-order chi connectivity index (χ1) is 9.47. The van der Waals surface area contributed by atoms with Crippen LogP contribution in [0.5, 0.6) is 0 Å². The van der Waals surface area contributed by atoms with Crippen LogP contribution in [-0.2, 0) is 7.05 Å². The molecule has 108 valence electrons. The van der Waals surface area contributed by atoms with Gasteiger partial charge in [0.15, 0.2) is 0 Å². The highest BCUT2D eigenvalue weighted by Gasteiger charge is 2.24. The first-order valence-electron chi connectivity index (χ1n) is 6.98. The van der Waals surface area contributed by atoms with Crippen molar-refractivity contribution in [2.75, 3.05) is 13.6 Å². The fourth-order valence-corrected chi connectivity index (χ4v) is 2.73. The van der Waals surface area contributed by atoms with E-state index in [9.17, 15) is 4.79 Å². The third-order valence-electron chi connectivity index (χ3n) is 3.96. The molecule has 0 spiro atoms. The van der Waals surface area contributed by atoms with E-state index in [2.05, 4.69) is 13.8 Å². The van der Waals surface area contributed by atoms with Crippen molar-refractivity contribution in [2.45, 2.75) is 19.9 Å². The molecule has 0 radical (unpaired) electrons. The van der Waals surface area contributed by atoms with Gasteiger partial charge in [0.2, 0.25) is 0 Å². The number of nitrogens with zero attached hydrogens (tertiary/aromatic N) is 2. The molecule has 2 N–H and O–H groups in total. The van der Waals surface area contributed by atoms with E-state index in [1.165, 1.54) is 0 Å². The van der Waals surface area contributed by atoms with Crippen LogP contribution >= 0.6 is 0 Å². The zero-order valence-electron chi connectivity index (χ0n) is 12.6. The Morgan fingerprint density at radius 3 is 2.60 bits per heavy atom. The van der Waals surface area contributed by atoms with Crippen molar-refractivity contribution >= 4 is 16.8 Å². The zero-order chi connectivity index (χ0) is 14.9. The summed E-state index contributed by atoms with van der Waals surface area (Å²) in [6, 6.07) is 8.01. The number of aryl methyl sites for hydroxylation is 1. The molecule has 4 heteroatoms. The maximum Gasteiger partial charge on any atom is 0.256 e. The van der Waals surface area contributed by atoms with Crippen LogP contribution in [-0.4, -0.2) is 35.0 Å². The summed E-state index contributed by atoms with van der Waals surface area (Å²) in [4.78, 5) is 14.5. The van der Waals surface area contributed by atoms with Crippen LogP contribution in [0.3, 0.4) is 0 Å². The van der Waals surface area contributed by atoms with Crippen LogP contribution < -0.4 is 5.73 Å². The van der Waals surface area contributed by atoms with Crippen molar-refractivity contribution in [3.05, 3.63) is 36.0 Å². The minimum atomic E-state index is 0.0333. The fourth-order valence-electron chi connectivity index (χ4n) is 2.73. The third-order valence-corrected chi connectivity index (χ3v) is 3.96. The van der Waals surface area contributed by atoms with Gasteiger partial charge in [-0.2, -0.15) is 0 Å². The molecule has 0 saturated carbocycles. The molecule has 4 nitrogen and oxygen atoms in total. The molecule has 1 aromatic heterocycles. The van der Waals surface area contributed by atoms with Crippen LogP contribution in [0.1, 0.15) is 24.2 Å². The highest BCUT2D eigenvalue weighted by molar-refractivity contribution is 6.07. The van der Waals surface area contributed by atoms with Gasteiger partial charge in [-0.05, 0) is 12.0 Å². The molecule has 2 rings (SSSR count). The van der Waals surface area contributed by atoms with Crippen LogP contribution in [0.25, 0.3) is 10.9 Å². The largest absolute Gasteiger partial charge is 0.350 e. The molecular weight excluding hydrogens is 250 g/mol. The SMILES string of the molecule is CC(C)C(CN)N(C)C(=O)c1cn(C)c2ccccc12. The molecule has 0 saturated heterocycles. The maximum absolute atomic E-state index is 12.7. The second-order valence-corrected chi connectivity index (χ2v) is 5.63. The lowest BCUT2D eigenvalue weighted by molar-refractivity contribution is 0.0698. The van der Waals surface area contributed by atoms with Gasteiger partial charge in [-0.15, -0.1) is 0 Å². The third kappa shape index (κ3) is 2.43. The Hall–Kier alpha value is -1.81. The van der Waals surface area contributed by atoms with Gasteiger partial charge in [0.25, 0.3) is 5.91 Å². The lowest BCUT2D eigenvalue weighted by Crippen LogP contribution is -2.45. The number of carbonyl (C=O) groups excluding carboxylic acids is 1. The van der Waals surface area contributed by atoms with Crippen molar-refractivity contribution in [3.63, 3.8) is 0 Å². The van der Waals surface area contributed by atoms with Crippen LogP contribution in [0.15, 0.2) is 30.5 Å². The average Bonchev–Trinajstić information content (AvgIpc) is 2.76. The van der Waals surface area contributed by atoms with E-state index in [1.54, 1.807) is 4.90 Å². The van der Waals surface area contributed by atoms with Gasteiger partial charge in [-0.3, -0.25) is 4.79 Å². The number of amides is 1. The summed E-state index contributed by atoms with van der Waals surface area (Å²) in [5.41, 5.74) is 7.62. The summed E-state index contributed by atoms with van der Waals surface area (Å²) in [5, 5.41) is 0.992. The molecule has 1 heterocycles. The molecule has 1 amide bonds. The molecule has 1 aromatic carbocycles. The molecule has 0 aliphatic rings. The number of benzene rings is 1. The van der Waals surface area contributed by atoms with E-state index in [4.69, 9.17) is 5.73 Å². The van der Waals surface area contributed by atoms with Crippen molar-refractivity contribution in [1.29, 1.82) is 0 Å². The van der Waals surface area contributed by atoms with Gasteiger partial charge in [0.05, 0.1) is 5.56 Å². The van der Waals surface area contributed by atoms with Crippen molar-refractivity contribution in [2.24, 2.45) is 18.7 Å². The molecule has 2 aromatic rings. The van der Waals surface area contributed by atoms with E-state index < -0.39 is 0 Å². The monoisotopic (exact) mass is 273 g/mol. The van der Waals surface area contributed by atoms with E-state index in [0.29, 0.717) is 12.5 Å². The Balaban J connectivity index is 2.41. The lowest BCUT2D eigenvalue weighted by Gasteiger charge is -2.30. The number of aromatic nitrogens is 1. The minimum absolute atomic E-state index is 0.0333. The van der Waals surface area contributed by atoms with Gasteiger partial charge >= 0.3 is 0 Å². The Morgan fingerprint density at radius 1 is 1.35 bits per heavy atom. The maximum atomic E-state index is 12.7. The second kappa shape index (κ2) is 5.67. The lowest BCUT2D eigenvalue weighted by atomic mass is 10.0. The van der Waals surface area contributed by atoms with Crippen LogP contribution in [0.2, 0.25) is 0 Å². The summed E-state index contributed by atoms with van der Waals surface area (Å²) in [7, 11) is 3.80. The number of fused-ring (bicyclic) bond motifs is 1. The Labute approximate surface area is 120 Å². The fraction of sp³-hybridized carbons (Fsp3) is 0.438. The standard InChI is InChI=1S/C16H23N3O/c1-11(2)15(9-17)19(4)16(20)13-10-18(3)14-8-6-5-7-12(13)14/h5-8,10-11,15H,9,17H2,1-4H3. The molecule has 0 aliphatic carbocycles. The van der Waals surface area contributed by atoms with Crippen molar-refractivity contribution in [3.8, 4) is 0 Å². The highest BCUT2D eigenvalue weighted by atomic mass is 16.2. The predicted molar refractivity (Wildman–Crippen MR) is 82.7 cm³/mol. The Kier molecular flexibility index (Phi) is 4.14. The minimum Gasteiger partial charge on any atom is -0.350 e. The molecule has 0 fully saturated rings. The molecule has 20 heavy (non-hydrogen) atoms. The van der Waals surface area contributed by atoms with Gasteiger partial charge in [-0.25, -0.2) is 0 Å². The molecule has 0 bridgehead atoms. The van der Waals surface area contributed by atoms with E-state index in [0.717, 1.165) is 16.5 Å². The number of nitrogens with two attached hydrogens (primary N) is 1. The Morgan fingerprint density at radius 2 is 2.00 bits per heavy atom. The van der Waals surface area contributed by atoms with Gasteiger partial charge in [-0.1, -0.05) is 32.0 Å². The first-order valence-corrected chi connectivity index (χ1v) is 6.98. The first kappa shape index (κ1) is 14.6. The molecule has 0 aliphatic heterocycles. The smallest absolute Gasteiger partial charge is 0.256 e. The predicted octanol–water partition coefficient (Wildman–Crippen LogP) is 2.23. The Bertz CT molecular complexity index is 615. The van der Waals surface area contributed by atoms with E-state index in [1.807, 2.05) is 49.1 Å². The molecule has 1 atom stereocenters. The number of para-hydroxylation sites is 1. The van der Waals surface area contributed by atoms with E-state index >= 15 is 0 Å². The quantitative estimate of drug-likeness (QED) is 0.928. The summed E-state index contributed by atoms with van der Waals surface area (Å²) >= 11 is 0. The topological polar surface area (TPSA) is 51.3 Å². The molecular formula is C16H23N3O. The second-order valence-electron chi connectivity index (χ2n) is 5.63. The highest BCUT2D eigenvalue weighted by Crippen LogP contribution is 2.22. The summed E-state index contributed by atoms with van der Waals surface area (Å²) in [6.45, 7) is 4.65. The van der Waals surface area contributed by atoms with Crippen LogP contribution in [0.4, 0.5) is 0 Å². The average molecular weight is 273 g/mol. The summed E-state index contributed by atoms with van der Waals surface area (Å²) in [6.07, 6.45) is 1.90.